The second-order valence-electron chi connectivity index (χ2n) is 5.65. The summed E-state index contributed by atoms with van der Waals surface area (Å²) in [6, 6.07) is 30.3. The summed E-state index contributed by atoms with van der Waals surface area (Å²) in [6.45, 7) is 0. The molecule has 23 heavy (non-hydrogen) atoms. The Hall–Kier alpha value is -2.61. The topological polar surface area (TPSA) is 17.1 Å². The van der Waals surface area contributed by atoms with Crippen molar-refractivity contribution < 1.29 is 4.79 Å². The van der Waals surface area contributed by atoms with Crippen LogP contribution in [0.2, 0.25) is 0 Å². The summed E-state index contributed by atoms with van der Waals surface area (Å²) < 4.78 is 0. The number of carbonyl (C=O) groups excluding carboxylic acids is 1. The molecule has 110 valence electrons. The van der Waals surface area contributed by atoms with Gasteiger partial charge in [0.2, 0.25) is 0 Å². The van der Waals surface area contributed by atoms with Gasteiger partial charge in [-0.2, -0.15) is 0 Å². The zero-order chi connectivity index (χ0) is 16.1. The first kappa shape index (κ1) is 15.3. The van der Waals surface area contributed by atoms with E-state index in [1.807, 2.05) is 54.6 Å². The molecule has 0 N–H and O–H groups in total. The van der Waals surface area contributed by atoms with Gasteiger partial charge in [0.05, 0.1) is 11.1 Å². The maximum atomic E-state index is 12.0. The second kappa shape index (κ2) is 6.66. The number of rotatable bonds is 5. The summed E-state index contributed by atoms with van der Waals surface area (Å²) >= 11 is 0. The zero-order valence-corrected chi connectivity index (χ0v) is 12.9. The van der Waals surface area contributed by atoms with Crippen LogP contribution in [0, 0.1) is 0 Å². The Morgan fingerprint density at radius 1 is 0.652 bits per heavy atom. The molecule has 2 heteroatoms. The van der Waals surface area contributed by atoms with Gasteiger partial charge >= 0.3 is 0 Å². The Balaban J connectivity index is 2.32. The fourth-order valence-corrected chi connectivity index (χ4v) is 3.24. The minimum absolute atomic E-state index is 0.227. The van der Waals surface area contributed by atoms with Gasteiger partial charge < -0.3 is 4.79 Å². The average molecular weight is 296 g/mol. The molecule has 0 aromatic heterocycles. The van der Waals surface area contributed by atoms with Crippen molar-refractivity contribution in [1.82, 2.24) is 0 Å². The molecule has 0 aliphatic carbocycles. The third kappa shape index (κ3) is 2.98. The first-order valence-electron chi connectivity index (χ1n) is 7.68. The van der Waals surface area contributed by atoms with Crippen molar-refractivity contribution in [3.63, 3.8) is 0 Å². The highest BCUT2D eigenvalue weighted by molar-refractivity contribution is 6.57. The largest absolute Gasteiger partial charge is 0.313 e. The van der Waals surface area contributed by atoms with E-state index in [1.54, 1.807) is 0 Å². The number of hydrogen-bond acceptors (Lipinski definition) is 1. The molecule has 3 aromatic rings. The van der Waals surface area contributed by atoms with Crippen LogP contribution < -0.4 is 0 Å². The van der Waals surface area contributed by atoms with Gasteiger partial charge in [0.15, 0.2) is 7.85 Å². The van der Waals surface area contributed by atoms with Crippen LogP contribution in [-0.2, 0) is 10.2 Å². The van der Waals surface area contributed by atoms with Gasteiger partial charge in [0, 0.05) is 6.42 Å². The molecule has 0 heterocycles. The highest BCUT2D eigenvalue weighted by Gasteiger charge is 2.36. The van der Waals surface area contributed by atoms with Crippen LogP contribution in [0.15, 0.2) is 91.0 Å². The monoisotopic (exact) mass is 296 g/mol. The van der Waals surface area contributed by atoms with E-state index < -0.39 is 5.41 Å². The van der Waals surface area contributed by atoms with Gasteiger partial charge in [-0.05, 0) is 16.7 Å². The Morgan fingerprint density at radius 2 is 0.957 bits per heavy atom. The van der Waals surface area contributed by atoms with E-state index in [0.717, 1.165) is 16.7 Å². The van der Waals surface area contributed by atoms with E-state index in [-0.39, 0.29) is 12.1 Å². The minimum atomic E-state index is -0.574. The van der Waals surface area contributed by atoms with E-state index in [4.69, 9.17) is 7.85 Å². The molecule has 0 bridgehead atoms. The predicted molar refractivity (Wildman–Crippen MR) is 94.6 cm³/mol. The Labute approximate surface area is 138 Å². The number of benzene rings is 3. The van der Waals surface area contributed by atoms with Gasteiger partial charge in [-0.3, -0.25) is 0 Å². The van der Waals surface area contributed by atoms with E-state index in [2.05, 4.69) is 36.4 Å². The molecule has 3 rings (SSSR count). The Bertz CT molecular complexity index is 670. The summed E-state index contributed by atoms with van der Waals surface area (Å²) in [5.41, 5.74) is 2.31. The van der Waals surface area contributed by atoms with Crippen LogP contribution >= 0.6 is 0 Å². The van der Waals surface area contributed by atoms with Crippen LogP contribution in [0.4, 0.5) is 0 Å². The van der Waals surface area contributed by atoms with Crippen LogP contribution in [0.25, 0.3) is 0 Å². The molecule has 0 amide bonds. The first-order chi connectivity index (χ1) is 11.2. The van der Waals surface area contributed by atoms with Gasteiger partial charge in [0.1, 0.15) is 0 Å². The normalized spacial score (nSPS) is 11.1. The third-order valence-corrected chi connectivity index (χ3v) is 4.24. The summed E-state index contributed by atoms with van der Waals surface area (Å²) in [6.07, 6.45) is 0.227. The van der Waals surface area contributed by atoms with Crippen molar-refractivity contribution in [2.75, 3.05) is 0 Å². The number of hydrogen-bond donors (Lipinski definition) is 0. The molecule has 0 aliphatic heterocycles. The lowest BCUT2D eigenvalue weighted by Crippen LogP contribution is -2.32. The van der Waals surface area contributed by atoms with Gasteiger partial charge in [-0.15, -0.1) is 0 Å². The predicted octanol–water partition coefficient (Wildman–Crippen LogP) is 4.11. The molecular formula is C21H17BO. The van der Waals surface area contributed by atoms with Crippen molar-refractivity contribution in [1.29, 1.82) is 0 Å². The molecule has 0 spiro atoms. The Kier molecular flexibility index (Phi) is 4.43. The maximum absolute atomic E-state index is 12.0. The fraction of sp³-hybridized carbons (Fsp3) is 0.0952. The lowest BCUT2D eigenvalue weighted by molar-refractivity contribution is -0.112. The maximum Gasteiger partial charge on any atom is 0.167 e. The van der Waals surface area contributed by atoms with Crippen LogP contribution in [-0.4, -0.2) is 13.5 Å². The van der Waals surface area contributed by atoms with E-state index in [1.165, 1.54) is 0 Å². The smallest absolute Gasteiger partial charge is 0.167 e. The zero-order valence-electron chi connectivity index (χ0n) is 12.9. The highest BCUT2D eigenvalue weighted by Crippen LogP contribution is 2.41. The van der Waals surface area contributed by atoms with Gasteiger partial charge in [0.25, 0.3) is 0 Å². The lowest BCUT2D eigenvalue weighted by atomic mass is 9.65. The van der Waals surface area contributed by atoms with Crippen molar-refractivity contribution in [2.45, 2.75) is 11.8 Å². The standard InChI is InChI=1S/C21H17BO/c22-20(23)16-21(17-10-4-1-5-11-17,18-12-6-2-7-13-18)19-14-8-3-9-15-19/h1-15H,16H2. The molecule has 0 saturated heterocycles. The molecule has 1 nitrogen and oxygen atoms in total. The fourth-order valence-electron chi connectivity index (χ4n) is 3.24. The molecular weight excluding hydrogens is 279 g/mol. The van der Waals surface area contributed by atoms with Gasteiger partial charge in [-0.1, -0.05) is 91.0 Å². The molecule has 0 saturated carbocycles. The average Bonchev–Trinajstić information content (AvgIpc) is 2.62. The van der Waals surface area contributed by atoms with Gasteiger partial charge in [-0.25, -0.2) is 0 Å². The van der Waals surface area contributed by atoms with E-state index in [9.17, 15) is 4.79 Å². The minimum Gasteiger partial charge on any atom is -0.313 e. The Morgan fingerprint density at radius 3 is 1.22 bits per heavy atom. The molecule has 2 radical (unpaired) electrons. The molecule has 0 unspecified atom stereocenters. The summed E-state index contributed by atoms with van der Waals surface area (Å²) in [5.74, 6) is 0. The van der Waals surface area contributed by atoms with Crippen LogP contribution in [0.3, 0.4) is 0 Å². The van der Waals surface area contributed by atoms with Crippen molar-refractivity contribution >= 4 is 13.5 Å². The van der Waals surface area contributed by atoms with Crippen molar-refractivity contribution in [3.05, 3.63) is 108 Å². The molecule has 0 atom stereocenters. The van der Waals surface area contributed by atoms with Crippen molar-refractivity contribution in [3.8, 4) is 0 Å². The molecule has 0 aliphatic rings. The number of carbonyl (C=O) groups is 1. The highest BCUT2D eigenvalue weighted by atomic mass is 16.1. The molecule has 0 fully saturated rings. The van der Waals surface area contributed by atoms with Crippen molar-refractivity contribution in [2.24, 2.45) is 0 Å². The lowest BCUT2D eigenvalue weighted by Gasteiger charge is -2.35. The summed E-state index contributed by atoms with van der Waals surface area (Å²) in [4.78, 5) is 12.0. The first-order valence-corrected chi connectivity index (χ1v) is 7.68. The quantitative estimate of drug-likeness (QED) is 0.511. The van der Waals surface area contributed by atoms with E-state index >= 15 is 0 Å². The SMILES string of the molecule is [B]C(=O)CC(c1ccccc1)(c1ccccc1)c1ccccc1. The summed E-state index contributed by atoms with van der Waals surface area (Å²) in [5, 5.41) is 0. The molecule has 3 aromatic carbocycles. The van der Waals surface area contributed by atoms with Crippen LogP contribution in [0.5, 0.6) is 0 Å². The van der Waals surface area contributed by atoms with Crippen LogP contribution in [0.1, 0.15) is 23.1 Å². The van der Waals surface area contributed by atoms with E-state index in [0.29, 0.717) is 0 Å². The third-order valence-electron chi connectivity index (χ3n) is 4.24. The second-order valence-corrected chi connectivity index (χ2v) is 5.65. The summed E-state index contributed by atoms with van der Waals surface area (Å²) in [7, 11) is 5.65.